The molecular formula is C22H25NO7S. The van der Waals surface area contributed by atoms with Crippen molar-refractivity contribution >= 4 is 22.0 Å². The molecule has 0 bridgehead atoms. The number of benzene rings is 2. The minimum absolute atomic E-state index is 0.197. The normalized spacial score (nSPS) is 15.3. The van der Waals surface area contributed by atoms with E-state index in [-0.39, 0.29) is 18.0 Å². The summed E-state index contributed by atoms with van der Waals surface area (Å²) in [5.74, 6) is -0.348. The van der Waals surface area contributed by atoms with E-state index in [1.54, 1.807) is 12.1 Å². The molecule has 1 fully saturated rings. The Morgan fingerprint density at radius 2 is 1.55 bits per heavy atom. The lowest BCUT2D eigenvalue weighted by atomic mass is 9.98. The number of carbonyl (C=O) groups is 2. The van der Waals surface area contributed by atoms with Crippen LogP contribution in [0.25, 0.3) is 0 Å². The average molecular weight is 448 g/mol. The van der Waals surface area contributed by atoms with Gasteiger partial charge in [0.05, 0.1) is 30.1 Å². The Bertz CT molecular complexity index is 1010. The highest BCUT2D eigenvalue weighted by molar-refractivity contribution is 7.89. The molecule has 0 unspecified atom stereocenters. The molecule has 0 radical (unpaired) electrons. The number of sulfonamides is 1. The maximum Gasteiger partial charge on any atom is 0.337 e. The molecule has 166 valence electrons. The summed E-state index contributed by atoms with van der Waals surface area (Å²) in [6.45, 7) is 2.83. The SMILES string of the molecule is CCOc1ccc(S(=O)(=O)N2CCC(C(=O)Oc3ccc(C(=O)OC)cc3)CC2)cc1. The molecule has 1 saturated heterocycles. The number of esters is 2. The molecule has 9 heteroatoms. The maximum absolute atomic E-state index is 12.9. The van der Waals surface area contributed by atoms with E-state index in [4.69, 9.17) is 9.47 Å². The molecule has 8 nitrogen and oxygen atoms in total. The van der Waals surface area contributed by atoms with E-state index in [2.05, 4.69) is 4.74 Å². The van der Waals surface area contributed by atoms with Gasteiger partial charge in [-0.1, -0.05) is 0 Å². The third-order valence-electron chi connectivity index (χ3n) is 5.05. The Labute approximate surface area is 181 Å². The van der Waals surface area contributed by atoms with Crippen molar-refractivity contribution in [2.75, 3.05) is 26.8 Å². The zero-order valence-corrected chi connectivity index (χ0v) is 18.3. The Hall–Kier alpha value is -2.91. The lowest BCUT2D eigenvalue weighted by Crippen LogP contribution is -2.41. The maximum atomic E-state index is 12.9. The van der Waals surface area contributed by atoms with Crippen molar-refractivity contribution in [2.24, 2.45) is 5.92 Å². The fourth-order valence-corrected chi connectivity index (χ4v) is 4.80. The van der Waals surface area contributed by atoms with Crippen LogP contribution >= 0.6 is 0 Å². The van der Waals surface area contributed by atoms with Gasteiger partial charge in [-0.2, -0.15) is 4.31 Å². The predicted molar refractivity (Wildman–Crippen MR) is 113 cm³/mol. The first-order valence-corrected chi connectivity index (χ1v) is 11.4. The van der Waals surface area contributed by atoms with Gasteiger partial charge in [-0.05, 0) is 68.3 Å². The van der Waals surface area contributed by atoms with Gasteiger partial charge in [0.25, 0.3) is 0 Å². The average Bonchev–Trinajstić information content (AvgIpc) is 2.79. The van der Waals surface area contributed by atoms with Gasteiger partial charge in [-0.25, -0.2) is 13.2 Å². The molecule has 0 amide bonds. The Morgan fingerprint density at radius 1 is 0.968 bits per heavy atom. The van der Waals surface area contributed by atoms with E-state index in [1.807, 2.05) is 6.92 Å². The molecule has 0 spiro atoms. The largest absolute Gasteiger partial charge is 0.494 e. The van der Waals surface area contributed by atoms with Crippen LogP contribution in [0.5, 0.6) is 11.5 Å². The third kappa shape index (κ3) is 5.42. The molecule has 3 rings (SSSR count). The third-order valence-corrected chi connectivity index (χ3v) is 6.97. The standard InChI is InChI=1S/C22H25NO7S/c1-3-29-18-8-10-20(11-9-18)31(26,27)23-14-12-17(13-15-23)22(25)30-19-6-4-16(5-7-19)21(24)28-2/h4-11,17H,3,12-15H2,1-2H3. The minimum atomic E-state index is -3.64. The molecule has 1 aliphatic rings. The fraction of sp³-hybridized carbons (Fsp3) is 0.364. The zero-order chi connectivity index (χ0) is 22.4. The van der Waals surface area contributed by atoms with Gasteiger partial charge in [0, 0.05) is 13.1 Å². The van der Waals surface area contributed by atoms with Crippen molar-refractivity contribution in [2.45, 2.75) is 24.7 Å². The number of hydrogen-bond donors (Lipinski definition) is 0. The number of hydrogen-bond acceptors (Lipinski definition) is 7. The molecule has 1 aliphatic heterocycles. The van der Waals surface area contributed by atoms with E-state index < -0.39 is 27.9 Å². The summed E-state index contributed by atoms with van der Waals surface area (Å²) in [5.41, 5.74) is 0.357. The monoisotopic (exact) mass is 447 g/mol. The number of ether oxygens (including phenoxy) is 3. The number of carbonyl (C=O) groups excluding carboxylic acids is 2. The van der Waals surface area contributed by atoms with Crippen LogP contribution in [-0.4, -0.2) is 51.5 Å². The first-order valence-electron chi connectivity index (χ1n) is 9.98. The second kappa shape index (κ2) is 9.93. The van der Waals surface area contributed by atoms with Crippen LogP contribution in [0.3, 0.4) is 0 Å². The number of nitrogens with zero attached hydrogens (tertiary/aromatic N) is 1. The Morgan fingerprint density at radius 3 is 2.10 bits per heavy atom. The Kier molecular flexibility index (Phi) is 7.29. The number of piperidine rings is 1. The summed E-state index contributed by atoms with van der Waals surface area (Å²) in [6.07, 6.45) is 0.741. The van der Waals surface area contributed by atoms with Crippen molar-refractivity contribution in [3.8, 4) is 11.5 Å². The molecule has 0 N–H and O–H groups in total. The van der Waals surface area contributed by atoms with Crippen molar-refractivity contribution < 1.29 is 32.2 Å². The predicted octanol–water partition coefficient (Wildman–Crippen LogP) is 2.88. The van der Waals surface area contributed by atoms with Crippen LogP contribution in [0, 0.1) is 5.92 Å². The summed E-state index contributed by atoms with van der Waals surface area (Å²) in [6, 6.07) is 12.4. The second-order valence-corrected chi connectivity index (χ2v) is 8.96. The molecule has 0 aromatic heterocycles. The Balaban J connectivity index is 1.57. The van der Waals surface area contributed by atoms with Crippen LogP contribution in [0.1, 0.15) is 30.1 Å². The van der Waals surface area contributed by atoms with Crippen molar-refractivity contribution in [3.05, 3.63) is 54.1 Å². The van der Waals surface area contributed by atoms with E-state index in [0.717, 1.165) is 0 Å². The molecule has 0 aliphatic carbocycles. The van der Waals surface area contributed by atoms with Crippen molar-refractivity contribution in [1.29, 1.82) is 0 Å². The molecule has 1 heterocycles. The van der Waals surface area contributed by atoms with E-state index in [1.165, 1.54) is 47.8 Å². The highest BCUT2D eigenvalue weighted by Gasteiger charge is 2.33. The van der Waals surface area contributed by atoms with E-state index in [9.17, 15) is 18.0 Å². The van der Waals surface area contributed by atoms with Gasteiger partial charge in [-0.3, -0.25) is 4.79 Å². The molecule has 2 aromatic rings. The van der Waals surface area contributed by atoms with Gasteiger partial charge in [0.15, 0.2) is 0 Å². The summed E-state index contributed by atoms with van der Waals surface area (Å²) in [7, 11) is -2.34. The fourth-order valence-electron chi connectivity index (χ4n) is 3.33. The van der Waals surface area contributed by atoms with Crippen LogP contribution < -0.4 is 9.47 Å². The lowest BCUT2D eigenvalue weighted by Gasteiger charge is -2.30. The van der Waals surface area contributed by atoms with Crippen LogP contribution in [0.2, 0.25) is 0 Å². The van der Waals surface area contributed by atoms with Crippen LogP contribution in [-0.2, 0) is 19.6 Å². The molecule has 31 heavy (non-hydrogen) atoms. The summed E-state index contributed by atoms with van der Waals surface area (Å²) in [5, 5.41) is 0. The summed E-state index contributed by atoms with van der Waals surface area (Å²) < 4.78 is 42.5. The van der Waals surface area contributed by atoms with Gasteiger partial charge >= 0.3 is 11.9 Å². The summed E-state index contributed by atoms with van der Waals surface area (Å²) in [4.78, 5) is 24.1. The second-order valence-electron chi connectivity index (χ2n) is 7.02. The first kappa shape index (κ1) is 22.8. The molecular weight excluding hydrogens is 422 g/mol. The minimum Gasteiger partial charge on any atom is -0.494 e. The van der Waals surface area contributed by atoms with Gasteiger partial charge in [0.2, 0.25) is 10.0 Å². The summed E-state index contributed by atoms with van der Waals surface area (Å²) >= 11 is 0. The highest BCUT2D eigenvalue weighted by atomic mass is 32.2. The quantitative estimate of drug-likeness (QED) is 0.475. The lowest BCUT2D eigenvalue weighted by molar-refractivity contribution is -0.140. The van der Waals surface area contributed by atoms with Gasteiger partial charge in [-0.15, -0.1) is 0 Å². The smallest absolute Gasteiger partial charge is 0.337 e. The van der Waals surface area contributed by atoms with Gasteiger partial charge < -0.3 is 14.2 Å². The highest BCUT2D eigenvalue weighted by Crippen LogP contribution is 2.26. The van der Waals surface area contributed by atoms with E-state index in [0.29, 0.717) is 36.5 Å². The number of methoxy groups -OCH3 is 1. The molecule has 0 atom stereocenters. The molecule has 2 aromatic carbocycles. The van der Waals surface area contributed by atoms with E-state index >= 15 is 0 Å². The van der Waals surface area contributed by atoms with Crippen molar-refractivity contribution in [1.82, 2.24) is 4.31 Å². The molecule has 0 saturated carbocycles. The van der Waals surface area contributed by atoms with Crippen LogP contribution in [0.4, 0.5) is 0 Å². The number of rotatable bonds is 7. The first-order chi connectivity index (χ1) is 14.8. The van der Waals surface area contributed by atoms with Crippen molar-refractivity contribution in [3.63, 3.8) is 0 Å². The zero-order valence-electron chi connectivity index (χ0n) is 17.4. The van der Waals surface area contributed by atoms with Crippen LogP contribution in [0.15, 0.2) is 53.4 Å². The van der Waals surface area contributed by atoms with Gasteiger partial charge in [0.1, 0.15) is 11.5 Å². The topological polar surface area (TPSA) is 99.2 Å².